The van der Waals surface area contributed by atoms with E-state index in [0.29, 0.717) is 17.7 Å². The first-order chi connectivity index (χ1) is 10.5. The van der Waals surface area contributed by atoms with Crippen LogP contribution in [0.15, 0.2) is 24.3 Å². The summed E-state index contributed by atoms with van der Waals surface area (Å²) in [7, 11) is 0. The van der Waals surface area contributed by atoms with Gasteiger partial charge >= 0.3 is 0 Å². The van der Waals surface area contributed by atoms with Crippen molar-refractivity contribution in [2.45, 2.75) is 40.5 Å². The van der Waals surface area contributed by atoms with E-state index in [9.17, 15) is 9.59 Å². The van der Waals surface area contributed by atoms with Gasteiger partial charge in [0.1, 0.15) is 5.69 Å². The van der Waals surface area contributed by atoms with Crippen LogP contribution in [-0.4, -0.2) is 16.7 Å². The predicted octanol–water partition coefficient (Wildman–Crippen LogP) is 3.90. The Morgan fingerprint density at radius 1 is 1.09 bits per heavy atom. The lowest BCUT2D eigenvalue weighted by Crippen LogP contribution is -2.14. The van der Waals surface area contributed by atoms with Gasteiger partial charge in [0.05, 0.1) is 0 Å². The molecule has 0 saturated heterocycles. The van der Waals surface area contributed by atoms with Gasteiger partial charge in [-0.2, -0.15) is 0 Å². The number of aromatic amines is 1. The van der Waals surface area contributed by atoms with Gasteiger partial charge in [-0.05, 0) is 49.9 Å². The number of hydrogen-bond acceptors (Lipinski definition) is 2. The summed E-state index contributed by atoms with van der Waals surface area (Å²) in [5, 5.41) is 2.88. The largest absolute Gasteiger partial charge is 0.354 e. The van der Waals surface area contributed by atoms with Gasteiger partial charge in [-0.25, -0.2) is 0 Å². The molecule has 0 unspecified atom stereocenters. The van der Waals surface area contributed by atoms with Crippen LogP contribution in [0.3, 0.4) is 0 Å². The highest BCUT2D eigenvalue weighted by atomic mass is 16.2. The lowest BCUT2D eigenvalue weighted by atomic mass is 10.0. The molecule has 0 atom stereocenters. The number of carbonyl (C=O) groups is 2. The average Bonchev–Trinajstić information content (AvgIpc) is 2.84. The Kier molecular flexibility index (Phi) is 4.81. The molecule has 0 fully saturated rings. The molecule has 1 aromatic heterocycles. The van der Waals surface area contributed by atoms with Crippen molar-refractivity contribution in [3.8, 4) is 0 Å². The lowest BCUT2D eigenvalue weighted by Gasteiger charge is -2.07. The van der Waals surface area contributed by atoms with E-state index < -0.39 is 0 Å². The van der Waals surface area contributed by atoms with Crippen LogP contribution in [-0.2, 0) is 12.8 Å². The van der Waals surface area contributed by atoms with Crippen molar-refractivity contribution in [2.75, 3.05) is 5.32 Å². The third-order valence-corrected chi connectivity index (χ3v) is 3.84. The van der Waals surface area contributed by atoms with Crippen LogP contribution in [0.25, 0.3) is 0 Å². The molecule has 0 aliphatic rings. The molecule has 2 rings (SSSR count). The number of ketones is 1. The van der Waals surface area contributed by atoms with Crippen LogP contribution < -0.4 is 5.32 Å². The lowest BCUT2D eigenvalue weighted by molar-refractivity contribution is 0.101. The van der Waals surface area contributed by atoms with Crippen molar-refractivity contribution in [2.24, 2.45) is 0 Å². The number of carbonyl (C=O) groups excluding carboxylic acids is 2. The molecule has 2 N–H and O–H groups in total. The summed E-state index contributed by atoms with van der Waals surface area (Å²) in [6.45, 7) is 7.39. The number of aryl methyl sites for hydroxylation is 2. The number of nitrogens with one attached hydrogen (secondary N) is 2. The Bertz CT molecular complexity index is 697. The number of rotatable bonds is 5. The van der Waals surface area contributed by atoms with Crippen LogP contribution >= 0.6 is 0 Å². The van der Waals surface area contributed by atoms with Gasteiger partial charge in [0.15, 0.2) is 5.78 Å². The zero-order chi connectivity index (χ0) is 16.3. The van der Waals surface area contributed by atoms with Crippen LogP contribution in [0.2, 0.25) is 0 Å². The summed E-state index contributed by atoms with van der Waals surface area (Å²) >= 11 is 0. The summed E-state index contributed by atoms with van der Waals surface area (Å²) in [5.41, 5.74) is 4.62. The van der Waals surface area contributed by atoms with E-state index in [1.165, 1.54) is 12.5 Å². The minimum atomic E-state index is -0.211. The SMILES string of the molecule is CCc1ccc(NC(=O)c2[nH]c(C)c(C(C)=O)c2CC)cc1. The summed E-state index contributed by atoms with van der Waals surface area (Å²) in [6, 6.07) is 7.78. The third kappa shape index (κ3) is 3.11. The Morgan fingerprint density at radius 2 is 1.73 bits per heavy atom. The van der Waals surface area contributed by atoms with Crippen molar-refractivity contribution in [3.63, 3.8) is 0 Å². The summed E-state index contributed by atoms with van der Waals surface area (Å²) in [4.78, 5) is 27.3. The fourth-order valence-corrected chi connectivity index (χ4v) is 2.72. The molecule has 22 heavy (non-hydrogen) atoms. The molecular weight excluding hydrogens is 276 g/mol. The van der Waals surface area contributed by atoms with Crippen LogP contribution in [0.5, 0.6) is 0 Å². The molecule has 1 amide bonds. The van der Waals surface area contributed by atoms with Crippen molar-refractivity contribution in [1.82, 2.24) is 4.98 Å². The third-order valence-electron chi connectivity index (χ3n) is 3.84. The van der Waals surface area contributed by atoms with Crippen LogP contribution in [0.1, 0.15) is 58.4 Å². The first-order valence-electron chi connectivity index (χ1n) is 7.60. The molecule has 0 spiro atoms. The Hall–Kier alpha value is -2.36. The zero-order valence-corrected chi connectivity index (χ0v) is 13.5. The van der Waals surface area contributed by atoms with Gasteiger partial charge in [-0.15, -0.1) is 0 Å². The number of anilines is 1. The van der Waals surface area contributed by atoms with Crippen molar-refractivity contribution >= 4 is 17.4 Å². The number of benzene rings is 1. The van der Waals surface area contributed by atoms with E-state index in [1.807, 2.05) is 38.1 Å². The molecular formula is C18H22N2O2. The second-order valence-electron chi connectivity index (χ2n) is 5.39. The topological polar surface area (TPSA) is 62.0 Å². The highest BCUT2D eigenvalue weighted by Gasteiger charge is 2.21. The quantitative estimate of drug-likeness (QED) is 0.822. The Balaban J connectivity index is 2.29. The number of Topliss-reactive ketones (excluding diaryl/α,β-unsaturated/α-hetero) is 1. The molecule has 2 aromatic rings. The second kappa shape index (κ2) is 6.60. The first-order valence-corrected chi connectivity index (χ1v) is 7.60. The summed E-state index contributed by atoms with van der Waals surface area (Å²) in [6.07, 6.45) is 1.60. The minimum absolute atomic E-state index is 0.0167. The molecule has 0 bridgehead atoms. The van der Waals surface area contributed by atoms with E-state index in [-0.39, 0.29) is 11.7 Å². The molecule has 0 aliphatic carbocycles. The van der Waals surface area contributed by atoms with E-state index in [2.05, 4.69) is 17.2 Å². The van der Waals surface area contributed by atoms with Crippen LogP contribution in [0, 0.1) is 6.92 Å². The van der Waals surface area contributed by atoms with Gasteiger partial charge in [0.25, 0.3) is 5.91 Å². The van der Waals surface area contributed by atoms with Crippen molar-refractivity contribution in [3.05, 3.63) is 52.3 Å². The number of aromatic nitrogens is 1. The molecule has 4 heteroatoms. The molecule has 0 aliphatic heterocycles. The number of H-pyrrole nitrogens is 1. The maximum absolute atomic E-state index is 12.5. The normalized spacial score (nSPS) is 10.5. The van der Waals surface area contributed by atoms with Gasteiger partial charge in [-0.1, -0.05) is 26.0 Å². The minimum Gasteiger partial charge on any atom is -0.354 e. The molecule has 0 saturated carbocycles. The fourth-order valence-electron chi connectivity index (χ4n) is 2.72. The maximum Gasteiger partial charge on any atom is 0.272 e. The average molecular weight is 298 g/mol. The zero-order valence-electron chi connectivity index (χ0n) is 13.5. The van der Waals surface area contributed by atoms with Crippen LogP contribution in [0.4, 0.5) is 5.69 Å². The van der Waals surface area contributed by atoms with E-state index in [4.69, 9.17) is 0 Å². The molecule has 116 valence electrons. The van der Waals surface area contributed by atoms with Gasteiger partial charge in [0.2, 0.25) is 0 Å². The van der Waals surface area contributed by atoms with E-state index in [0.717, 1.165) is 23.4 Å². The number of amides is 1. The van der Waals surface area contributed by atoms with Gasteiger partial charge < -0.3 is 10.3 Å². The van der Waals surface area contributed by atoms with Gasteiger partial charge in [0, 0.05) is 16.9 Å². The van der Waals surface area contributed by atoms with E-state index >= 15 is 0 Å². The standard InChI is InChI=1S/C18H22N2O2/c1-5-13-7-9-14(10-8-13)20-18(22)17-15(6-2)16(12(4)21)11(3)19-17/h7-10,19H,5-6H2,1-4H3,(H,20,22). The Morgan fingerprint density at radius 3 is 2.23 bits per heavy atom. The van der Waals surface area contributed by atoms with Crippen molar-refractivity contribution < 1.29 is 9.59 Å². The number of hydrogen-bond donors (Lipinski definition) is 2. The van der Waals surface area contributed by atoms with E-state index in [1.54, 1.807) is 0 Å². The Labute approximate surface area is 130 Å². The summed E-state index contributed by atoms with van der Waals surface area (Å²) < 4.78 is 0. The maximum atomic E-state index is 12.5. The monoisotopic (exact) mass is 298 g/mol. The predicted molar refractivity (Wildman–Crippen MR) is 88.7 cm³/mol. The first kappa shape index (κ1) is 16.0. The highest BCUT2D eigenvalue weighted by Crippen LogP contribution is 2.21. The fraction of sp³-hybridized carbons (Fsp3) is 0.333. The molecule has 0 radical (unpaired) electrons. The molecule has 1 heterocycles. The van der Waals surface area contributed by atoms with Gasteiger partial charge in [-0.3, -0.25) is 9.59 Å². The smallest absolute Gasteiger partial charge is 0.272 e. The molecule has 1 aromatic carbocycles. The molecule has 4 nitrogen and oxygen atoms in total. The summed E-state index contributed by atoms with van der Waals surface area (Å²) in [5.74, 6) is -0.228. The highest BCUT2D eigenvalue weighted by molar-refractivity contribution is 6.07. The van der Waals surface area contributed by atoms with Crippen molar-refractivity contribution in [1.29, 1.82) is 0 Å². The second-order valence-corrected chi connectivity index (χ2v) is 5.39.